The average Bonchev–Trinajstić information content (AvgIpc) is 3.15. The Morgan fingerprint density at radius 2 is 1.72 bits per heavy atom. The van der Waals surface area contributed by atoms with Crippen molar-refractivity contribution < 1.29 is 14.3 Å². The fraction of sp³-hybridized carbons (Fsp3) is 0.391. The highest BCUT2D eigenvalue weighted by Gasteiger charge is 2.38. The number of aryl methyl sites for hydroxylation is 1. The first kappa shape index (κ1) is 19.3. The molecule has 4 rings (SSSR count). The molecule has 152 valence electrons. The van der Waals surface area contributed by atoms with Crippen LogP contribution in [0.1, 0.15) is 12.0 Å². The van der Waals surface area contributed by atoms with Crippen LogP contribution < -0.4 is 14.5 Å². The van der Waals surface area contributed by atoms with Gasteiger partial charge < -0.3 is 19.4 Å². The highest BCUT2D eigenvalue weighted by atomic mass is 16.5. The van der Waals surface area contributed by atoms with E-state index in [-0.39, 0.29) is 24.2 Å². The van der Waals surface area contributed by atoms with Gasteiger partial charge in [0.2, 0.25) is 11.8 Å². The molecular weight excluding hydrogens is 366 g/mol. The lowest BCUT2D eigenvalue weighted by molar-refractivity contribution is -0.136. The molecule has 0 aromatic heterocycles. The number of nitrogens with zero attached hydrogens (tertiary/aromatic N) is 3. The third-order valence-electron chi connectivity index (χ3n) is 5.82. The topological polar surface area (TPSA) is 53.1 Å². The molecule has 0 saturated carbocycles. The van der Waals surface area contributed by atoms with Gasteiger partial charge >= 0.3 is 0 Å². The highest BCUT2D eigenvalue weighted by Crippen LogP contribution is 2.28. The molecule has 2 heterocycles. The number of benzene rings is 2. The van der Waals surface area contributed by atoms with Gasteiger partial charge in [0.25, 0.3) is 0 Å². The predicted molar refractivity (Wildman–Crippen MR) is 113 cm³/mol. The summed E-state index contributed by atoms with van der Waals surface area (Å²) in [6.45, 7) is 5.56. The Hall–Kier alpha value is -3.02. The van der Waals surface area contributed by atoms with Gasteiger partial charge in [0.05, 0.1) is 13.0 Å². The lowest BCUT2D eigenvalue weighted by atomic mass is 10.1. The number of hydrogen-bond acceptors (Lipinski definition) is 4. The molecule has 2 amide bonds. The van der Waals surface area contributed by atoms with Crippen LogP contribution in [0.2, 0.25) is 0 Å². The summed E-state index contributed by atoms with van der Waals surface area (Å²) < 4.78 is 5.18. The van der Waals surface area contributed by atoms with Crippen LogP contribution in [0.3, 0.4) is 0 Å². The largest absolute Gasteiger partial charge is 0.497 e. The number of ether oxygens (including phenoxy) is 1. The molecule has 0 radical (unpaired) electrons. The van der Waals surface area contributed by atoms with Gasteiger partial charge in [-0.1, -0.05) is 12.1 Å². The van der Waals surface area contributed by atoms with Crippen LogP contribution in [-0.2, 0) is 9.59 Å². The van der Waals surface area contributed by atoms with Crippen molar-refractivity contribution in [3.8, 4) is 5.75 Å². The predicted octanol–water partition coefficient (Wildman–Crippen LogP) is 2.71. The molecule has 2 aliphatic heterocycles. The first-order chi connectivity index (χ1) is 14.0. The average molecular weight is 393 g/mol. The van der Waals surface area contributed by atoms with Gasteiger partial charge in [0.1, 0.15) is 5.75 Å². The Morgan fingerprint density at radius 1 is 1.00 bits per heavy atom. The standard InChI is InChI=1S/C23H27N3O3/c1-17-4-3-5-20(14-17)24-10-12-25(13-11-24)23(28)18-15-22(27)26(16-18)19-6-8-21(29-2)9-7-19/h3-9,14,18H,10-13,15-16H2,1-2H3/t18-/m0/s1. The van der Waals surface area contributed by atoms with Gasteiger partial charge in [0.15, 0.2) is 0 Å². The molecule has 0 N–H and O–H groups in total. The molecule has 1 atom stereocenters. The first-order valence-electron chi connectivity index (χ1n) is 10.1. The Labute approximate surface area is 171 Å². The summed E-state index contributed by atoms with van der Waals surface area (Å²) >= 11 is 0. The van der Waals surface area contributed by atoms with Crippen LogP contribution in [0.4, 0.5) is 11.4 Å². The molecular formula is C23H27N3O3. The number of anilines is 2. The van der Waals surface area contributed by atoms with E-state index < -0.39 is 0 Å². The van der Waals surface area contributed by atoms with E-state index in [9.17, 15) is 9.59 Å². The fourth-order valence-corrected chi connectivity index (χ4v) is 4.15. The number of carbonyl (C=O) groups is 2. The first-order valence-corrected chi connectivity index (χ1v) is 10.1. The van der Waals surface area contributed by atoms with Gasteiger partial charge in [-0.2, -0.15) is 0 Å². The van der Waals surface area contributed by atoms with E-state index in [1.165, 1.54) is 11.3 Å². The van der Waals surface area contributed by atoms with E-state index >= 15 is 0 Å². The van der Waals surface area contributed by atoms with Gasteiger partial charge in [-0.15, -0.1) is 0 Å². The van der Waals surface area contributed by atoms with E-state index in [0.29, 0.717) is 19.6 Å². The SMILES string of the molecule is COc1ccc(N2C[C@@H](C(=O)N3CCN(c4cccc(C)c4)CC3)CC2=O)cc1. The van der Waals surface area contributed by atoms with Crippen molar-refractivity contribution >= 4 is 23.2 Å². The maximum Gasteiger partial charge on any atom is 0.228 e. The van der Waals surface area contributed by atoms with Crippen molar-refractivity contribution in [1.82, 2.24) is 4.90 Å². The van der Waals surface area contributed by atoms with Gasteiger partial charge in [-0.05, 0) is 48.9 Å². The molecule has 2 fully saturated rings. The Morgan fingerprint density at radius 3 is 2.38 bits per heavy atom. The van der Waals surface area contributed by atoms with E-state index in [0.717, 1.165) is 24.5 Å². The summed E-state index contributed by atoms with van der Waals surface area (Å²) in [5.41, 5.74) is 3.26. The number of amides is 2. The summed E-state index contributed by atoms with van der Waals surface area (Å²) in [7, 11) is 1.61. The fourth-order valence-electron chi connectivity index (χ4n) is 4.15. The molecule has 6 nitrogen and oxygen atoms in total. The van der Waals surface area contributed by atoms with E-state index in [2.05, 4.69) is 36.1 Å². The van der Waals surface area contributed by atoms with Crippen LogP contribution in [0.15, 0.2) is 48.5 Å². The summed E-state index contributed by atoms with van der Waals surface area (Å²) in [6, 6.07) is 15.9. The molecule has 0 aliphatic carbocycles. The summed E-state index contributed by atoms with van der Waals surface area (Å²) in [4.78, 5) is 31.5. The molecule has 6 heteroatoms. The second-order valence-electron chi connectivity index (χ2n) is 7.75. The van der Waals surface area contributed by atoms with Crippen molar-refractivity contribution in [2.45, 2.75) is 13.3 Å². The number of methoxy groups -OCH3 is 1. The van der Waals surface area contributed by atoms with Gasteiger partial charge in [0, 0.05) is 50.5 Å². The van der Waals surface area contributed by atoms with Crippen LogP contribution in [0.25, 0.3) is 0 Å². The number of carbonyl (C=O) groups excluding carboxylic acids is 2. The zero-order valence-corrected chi connectivity index (χ0v) is 17.0. The van der Waals surface area contributed by atoms with Crippen LogP contribution >= 0.6 is 0 Å². The smallest absolute Gasteiger partial charge is 0.228 e. The van der Waals surface area contributed by atoms with E-state index in [1.54, 1.807) is 12.0 Å². The molecule has 2 aromatic carbocycles. The van der Waals surface area contributed by atoms with Crippen molar-refractivity contribution in [3.63, 3.8) is 0 Å². The van der Waals surface area contributed by atoms with E-state index in [4.69, 9.17) is 4.74 Å². The Kier molecular flexibility index (Phi) is 5.43. The lowest BCUT2D eigenvalue weighted by Gasteiger charge is -2.37. The van der Waals surface area contributed by atoms with Gasteiger partial charge in [-0.25, -0.2) is 0 Å². The summed E-state index contributed by atoms with van der Waals surface area (Å²) in [5.74, 6) is 0.583. The quantitative estimate of drug-likeness (QED) is 0.802. The molecule has 0 spiro atoms. The molecule has 0 unspecified atom stereocenters. The normalized spacial score (nSPS) is 19.6. The summed E-state index contributed by atoms with van der Waals surface area (Å²) in [5, 5.41) is 0. The van der Waals surface area contributed by atoms with Crippen molar-refractivity contribution in [2.24, 2.45) is 5.92 Å². The molecule has 2 aliphatic rings. The van der Waals surface area contributed by atoms with Crippen molar-refractivity contribution in [1.29, 1.82) is 0 Å². The Balaban J connectivity index is 1.36. The Bertz CT molecular complexity index is 888. The molecule has 29 heavy (non-hydrogen) atoms. The van der Waals surface area contributed by atoms with Crippen molar-refractivity contribution in [2.75, 3.05) is 49.6 Å². The lowest BCUT2D eigenvalue weighted by Crippen LogP contribution is -2.50. The zero-order valence-electron chi connectivity index (χ0n) is 17.0. The maximum absolute atomic E-state index is 13.0. The minimum absolute atomic E-state index is 0.00640. The third-order valence-corrected chi connectivity index (χ3v) is 5.82. The van der Waals surface area contributed by atoms with Crippen LogP contribution in [-0.4, -0.2) is 56.5 Å². The van der Waals surface area contributed by atoms with Gasteiger partial charge in [-0.3, -0.25) is 9.59 Å². The van der Waals surface area contributed by atoms with Crippen LogP contribution in [0.5, 0.6) is 5.75 Å². The van der Waals surface area contributed by atoms with Crippen molar-refractivity contribution in [3.05, 3.63) is 54.1 Å². The molecule has 2 saturated heterocycles. The molecule has 0 bridgehead atoms. The summed E-state index contributed by atoms with van der Waals surface area (Å²) in [6.07, 6.45) is 0.281. The van der Waals surface area contributed by atoms with E-state index in [1.807, 2.05) is 29.2 Å². The molecule has 2 aromatic rings. The monoisotopic (exact) mass is 393 g/mol. The number of piperazine rings is 1. The third kappa shape index (κ3) is 4.06. The van der Waals surface area contributed by atoms with Crippen LogP contribution in [0, 0.1) is 12.8 Å². The maximum atomic E-state index is 13.0. The number of hydrogen-bond donors (Lipinski definition) is 0. The minimum Gasteiger partial charge on any atom is -0.497 e. The zero-order chi connectivity index (χ0) is 20.4. The second kappa shape index (κ2) is 8.15. The highest BCUT2D eigenvalue weighted by molar-refractivity contribution is 6.00. The second-order valence-corrected chi connectivity index (χ2v) is 7.75. The number of rotatable bonds is 4. The minimum atomic E-state index is -0.268.